The summed E-state index contributed by atoms with van der Waals surface area (Å²) in [6.45, 7) is 8.09. The minimum Gasteiger partial charge on any atom is -0.493 e. The number of halogens is 1. The Balaban J connectivity index is 1.69. The molecule has 0 saturated heterocycles. The third-order valence-electron chi connectivity index (χ3n) is 4.59. The van der Waals surface area contributed by atoms with Crippen molar-refractivity contribution in [3.8, 4) is 11.5 Å². The number of rotatable bonds is 10. The molecule has 1 unspecified atom stereocenters. The normalized spacial score (nSPS) is 11.6. The Kier molecular flexibility index (Phi) is 8.19. The number of carbonyl (C=O) groups is 1. The van der Waals surface area contributed by atoms with Crippen molar-refractivity contribution in [2.24, 2.45) is 0 Å². The van der Waals surface area contributed by atoms with E-state index in [0.29, 0.717) is 34.0 Å². The van der Waals surface area contributed by atoms with E-state index in [2.05, 4.69) is 22.1 Å². The number of hydrogen-bond acceptors (Lipinski definition) is 6. The van der Waals surface area contributed by atoms with Gasteiger partial charge in [0.15, 0.2) is 28.6 Å². The molecule has 1 N–H and O–H groups in total. The fraction of sp³-hybridized carbons (Fsp3) is 0.261. The quantitative estimate of drug-likeness (QED) is 0.318. The van der Waals surface area contributed by atoms with Gasteiger partial charge >= 0.3 is 0 Å². The molecule has 0 radical (unpaired) electrons. The molecule has 32 heavy (non-hydrogen) atoms. The number of allylic oxidation sites excluding steroid dienone is 1. The summed E-state index contributed by atoms with van der Waals surface area (Å²) < 4.78 is 13.3. The minimum atomic E-state index is -0.390. The van der Waals surface area contributed by atoms with Crippen molar-refractivity contribution in [2.75, 3.05) is 18.2 Å². The Labute approximate surface area is 196 Å². The molecule has 9 heteroatoms. The maximum Gasteiger partial charge on any atom is 0.234 e. The second-order valence-electron chi connectivity index (χ2n) is 6.95. The number of aromatic nitrogens is 3. The highest BCUT2D eigenvalue weighted by molar-refractivity contribution is 7.99. The molecule has 0 aliphatic heterocycles. The van der Waals surface area contributed by atoms with E-state index >= 15 is 0 Å². The fourth-order valence-corrected chi connectivity index (χ4v) is 4.03. The lowest BCUT2D eigenvalue weighted by Gasteiger charge is -2.17. The van der Waals surface area contributed by atoms with E-state index < -0.39 is 6.10 Å². The number of amides is 1. The van der Waals surface area contributed by atoms with Gasteiger partial charge in [-0.2, -0.15) is 0 Å². The summed E-state index contributed by atoms with van der Waals surface area (Å²) in [5, 5.41) is 12.7. The van der Waals surface area contributed by atoms with Gasteiger partial charge in [-0.3, -0.25) is 9.36 Å². The first-order chi connectivity index (χ1) is 15.4. The van der Waals surface area contributed by atoms with Crippen LogP contribution >= 0.6 is 23.4 Å². The van der Waals surface area contributed by atoms with Crippen LogP contribution in [0.2, 0.25) is 5.02 Å². The molecule has 0 fully saturated rings. The van der Waals surface area contributed by atoms with Crippen molar-refractivity contribution in [2.45, 2.75) is 31.7 Å². The van der Waals surface area contributed by atoms with Gasteiger partial charge in [0.2, 0.25) is 5.91 Å². The highest BCUT2D eigenvalue weighted by atomic mass is 35.5. The van der Waals surface area contributed by atoms with Crippen LogP contribution in [0.4, 0.5) is 5.69 Å². The number of ether oxygens (including phenoxy) is 2. The van der Waals surface area contributed by atoms with Crippen LogP contribution in [-0.2, 0) is 11.3 Å². The molecule has 2 aromatic carbocycles. The molecule has 3 rings (SSSR count). The van der Waals surface area contributed by atoms with Gasteiger partial charge in [-0.1, -0.05) is 41.6 Å². The Morgan fingerprint density at radius 1 is 1.28 bits per heavy atom. The van der Waals surface area contributed by atoms with E-state index in [-0.39, 0.29) is 11.7 Å². The van der Waals surface area contributed by atoms with E-state index in [0.717, 1.165) is 11.3 Å². The van der Waals surface area contributed by atoms with Crippen LogP contribution in [0.1, 0.15) is 24.4 Å². The SMILES string of the molecule is C=CCn1c(SCC(=O)Nc2ccc(Cl)cc2C)nnc1C(C)Oc1ccccc1OC. The first-order valence-electron chi connectivity index (χ1n) is 9.95. The minimum absolute atomic E-state index is 0.145. The summed E-state index contributed by atoms with van der Waals surface area (Å²) in [4.78, 5) is 12.5. The maximum absolute atomic E-state index is 12.5. The Morgan fingerprint density at radius 3 is 2.72 bits per heavy atom. The topological polar surface area (TPSA) is 78.3 Å². The maximum atomic E-state index is 12.5. The molecule has 1 atom stereocenters. The third-order valence-corrected chi connectivity index (χ3v) is 5.79. The predicted octanol–water partition coefficient (Wildman–Crippen LogP) is 5.31. The molecular weight excluding hydrogens is 448 g/mol. The molecule has 3 aromatic rings. The lowest BCUT2D eigenvalue weighted by molar-refractivity contribution is -0.113. The van der Waals surface area contributed by atoms with Gasteiger partial charge in [0.05, 0.1) is 12.9 Å². The zero-order valence-electron chi connectivity index (χ0n) is 18.2. The Hall–Kier alpha value is -2.97. The summed E-state index contributed by atoms with van der Waals surface area (Å²) in [5.74, 6) is 1.92. The van der Waals surface area contributed by atoms with Crippen molar-refractivity contribution in [3.05, 3.63) is 71.5 Å². The number of methoxy groups -OCH3 is 1. The molecule has 0 spiro atoms. The zero-order valence-corrected chi connectivity index (χ0v) is 19.7. The van der Waals surface area contributed by atoms with Crippen molar-refractivity contribution < 1.29 is 14.3 Å². The van der Waals surface area contributed by atoms with Crippen LogP contribution in [0, 0.1) is 6.92 Å². The molecule has 0 bridgehead atoms. The van der Waals surface area contributed by atoms with Crippen LogP contribution in [0.5, 0.6) is 11.5 Å². The number of benzene rings is 2. The predicted molar refractivity (Wildman–Crippen MR) is 128 cm³/mol. The first-order valence-corrected chi connectivity index (χ1v) is 11.3. The summed E-state index contributed by atoms with van der Waals surface area (Å²) in [5.41, 5.74) is 1.63. The number of thioether (sulfide) groups is 1. The van der Waals surface area contributed by atoms with E-state index in [1.807, 2.05) is 42.7 Å². The fourth-order valence-electron chi connectivity index (χ4n) is 3.05. The Morgan fingerprint density at radius 2 is 2.03 bits per heavy atom. The number of para-hydroxylation sites is 2. The smallest absolute Gasteiger partial charge is 0.234 e. The molecule has 0 saturated carbocycles. The van der Waals surface area contributed by atoms with Crippen LogP contribution in [0.3, 0.4) is 0 Å². The summed E-state index contributed by atoms with van der Waals surface area (Å²) in [6.07, 6.45) is 1.36. The number of anilines is 1. The van der Waals surface area contributed by atoms with Crippen molar-refractivity contribution in [1.82, 2.24) is 14.8 Å². The summed E-state index contributed by atoms with van der Waals surface area (Å²) >= 11 is 7.28. The standard InChI is InChI=1S/C23H25ClN4O3S/c1-5-12-28-22(16(3)31-20-9-7-6-8-19(20)30-4)26-27-23(28)32-14-21(29)25-18-11-10-17(24)13-15(18)2/h5-11,13,16H,1,12,14H2,2-4H3,(H,25,29). The van der Waals surface area contributed by atoms with Gasteiger partial charge < -0.3 is 14.8 Å². The van der Waals surface area contributed by atoms with Crippen LogP contribution in [0.15, 0.2) is 60.3 Å². The summed E-state index contributed by atoms with van der Waals surface area (Å²) in [6, 6.07) is 12.8. The monoisotopic (exact) mass is 472 g/mol. The van der Waals surface area contributed by atoms with Gasteiger partial charge in [-0.15, -0.1) is 16.8 Å². The molecule has 0 aliphatic rings. The van der Waals surface area contributed by atoms with E-state index in [1.165, 1.54) is 11.8 Å². The van der Waals surface area contributed by atoms with Crippen LogP contribution in [0.25, 0.3) is 0 Å². The highest BCUT2D eigenvalue weighted by Gasteiger charge is 2.21. The number of carbonyl (C=O) groups excluding carboxylic acids is 1. The average molecular weight is 473 g/mol. The van der Waals surface area contributed by atoms with Crippen molar-refractivity contribution >= 4 is 35.0 Å². The largest absolute Gasteiger partial charge is 0.493 e. The molecule has 1 amide bonds. The van der Waals surface area contributed by atoms with Crippen molar-refractivity contribution in [3.63, 3.8) is 0 Å². The van der Waals surface area contributed by atoms with Crippen LogP contribution < -0.4 is 14.8 Å². The van der Waals surface area contributed by atoms with Gasteiger partial charge in [-0.05, 0) is 49.7 Å². The van der Waals surface area contributed by atoms with Crippen molar-refractivity contribution in [1.29, 1.82) is 0 Å². The van der Waals surface area contributed by atoms with E-state index in [4.69, 9.17) is 21.1 Å². The zero-order chi connectivity index (χ0) is 23.1. The Bertz CT molecular complexity index is 1100. The van der Waals surface area contributed by atoms with Gasteiger partial charge in [-0.25, -0.2) is 0 Å². The molecule has 0 aliphatic carbocycles. The van der Waals surface area contributed by atoms with E-state index in [1.54, 1.807) is 31.4 Å². The van der Waals surface area contributed by atoms with E-state index in [9.17, 15) is 4.79 Å². The lowest BCUT2D eigenvalue weighted by Crippen LogP contribution is -2.16. The molecule has 1 heterocycles. The number of hydrogen-bond donors (Lipinski definition) is 1. The second-order valence-corrected chi connectivity index (χ2v) is 8.33. The highest BCUT2D eigenvalue weighted by Crippen LogP contribution is 2.31. The number of nitrogens with one attached hydrogen (secondary N) is 1. The molecule has 1 aromatic heterocycles. The molecular formula is C23H25ClN4O3S. The lowest BCUT2D eigenvalue weighted by atomic mass is 10.2. The third kappa shape index (κ3) is 5.83. The van der Waals surface area contributed by atoms with Gasteiger partial charge in [0, 0.05) is 17.3 Å². The number of aryl methyl sites for hydroxylation is 1. The first kappa shape index (κ1) is 23.7. The number of nitrogens with zero attached hydrogens (tertiary/aromatic N) is 3. The molecule has 7 nitrogen and oxygen atoms in total. The average Bonchev–Trinajstić information content (AvgIpc) is 3.17. The molecule has 168 valence electrons. The van der Waals surface area contributed by atoms with Crippen LogP contribution in [-0.4, -0.2) is 33.5 Å². The second kappa shape index (κ2) is 11.1. The summed E-state index contributed by atoms with van der Waals surface area (Å²) in [7, 11) is 1.60. The van der Waals surface area contributed by atoms with Gasteiger partial charge in [0.1, 0.15) is 0 Å². The van der Waals surface area contributed by atoms with Gasteiger partial charge in [0.25, 0.3) is 0 Å².